The Hall–Kier alpha value is -2.18. The van der Waals surface area contributed by atoms with Crippen LogP contribution in [0.4, 0.5) is 14.5 Å². The fraction of sp³-hybridized carbons (Fsp3) is 0.368. The van der Waals surface area contributed by atoms with Crippen molar-refractivity contribution >= 4 is 5.69 Å². The van der Waals surface area contributed by atoms with Crippen LogP contribution in [0.2, 0.25) is 0 Å². The molecule has 2 aromatic rings. The maximum Gasteiger partial charge on any atom is 0.146 e. The molecule has 1 aliphatic heterocycles. The smallest absolute Gasteiger partial charge is 0.146 e. The van der Waals surface area contributed by atoms with Gasteiger partial charge in [0.25, 0.3) is 0 Å². The molecule has 2 aromatic carbocycles. The maximum atomic E-state index is 13.8. The lowest BCUT2D eigenvalue weighted by Gasteiger charge is -2.34. The predicted octanol–water partition coefficient (Wildman–Crippen LogP) is 1.11. The van der Waals surface area contributed by atoms with E-state index in [9.17, 15) is 13.9 Å². The molecule has 0 aliphatic carbocycles. The monoisotopic (exact) mass is 349 g/mol. The summed E-state index contributed by atoms with van der Waals surface area (Å²) in [4.78, 5) is 3.31. The van der Waals surface area contributed by atoms with Crippen molar-refractivity contribution in [3.63, 3.8) is 0 Å². The summed E-state index contributed by atoms with van der Waals surface area (Å²) in [5.41, 5.74) is 0.641. The van der Waals surface area contributed by atoms with Crippen LogP contribution in [0, 0.1) is 11.6 Å². The normalized spacial score (nSPS) is 16.7. The summed E-state index contributed by atoms with van der Waals surface area (Å²) in [7, 11) is 0. The largest absolute Gasteiger partial charge is 0.491 e. The maximum absolute atomic E-state index is 13.8. The van der Waals surface area contributed by atoms with Gasteiger partial charge in [0, 0.05) is 0 Å². The number of rotatable bonds is 6. The summed E-state index contributed by atoms with van der Waals surface area (Å²) in [5.74, 6) is 0.0311. The van der Waals surface area contributed by atoms with Gasteiger partial charge in [-0.1, -0.05) is 12.1 Å². The van der Waals surface area contributed by atoms with Crippen LogP contribution in [0.3, 0.4) is 0 Å². The van der Waals surface area contributed by atoms with E-state index in [1.807, 2.05) is 11.0 Å². The fourth-order valence-electron chi connectivity index (χ4n) is 3.09. The summed E-state index contributed by atoms with van der Waals surface area (Å²) >= 11 is 0. The number of nitrogens with zero attached hydrogens (tertiary/aromatic N) is 1. The number of halogens is 2. The van der Waals surface area contributed by atoms with Crippen LogP contribution in [-0.2, 0) is 0 Å². The minimum atomic E-state index is -0.597. The Morgan fingerprint density at radius 3 is 2.40 bits per heavy atom. The highest BCUT2D eigenvalue weighted by atomic mass is 19.1. The van der Waals surface area contributed by atoms with Gasteiger partial charge in [-0.05, 0) is 36.4 Å². The molecule has 134 valence electrons. The van der Waals surface area contributed by atoms with Gasteiger partial charge in [-0.2, -0.15) is 0 Å². The average Bonchev–Trinajstić information content (AvgIpc) is 2.62. The number of hydrogen-bond donors (Lipinski definition) is 2. The molecular weight excluding hydrogens is 326 g/mol. The van der Waals surface area contributed by atoms with E-state index >= 15 is 0 Å². The van der Waals surface area contributed by atoms with Gasteiger partial charge in [0.2, 0.25) is 0 Å². The molecular formula is C19H23F2N2O2+. The van der Waals surface area contributed by atoms with Gasteiger partial charge in [0.05, 0.1) is 31.9 Å². The third-order valence-corrected chi connectivity index (χ3v) is 4.44. The zero-order valence-corrected chi connectivity index (χ0v) is 14.0. The fourth-order valence-corrected chi connectivity index (χ4v) is 3.09. The number of aliphatic hydroxyl groups excluding tert-OH is 1. The molecule has 25 heavy (non-hydrogen) atoms. The molecule has 1 atom stereocenters. The van der Waals surface area contributed by atoms with E-state index in [1.165, 1.54) is 23.1 Å². The first-order valence-electron chi connectivity index (χ1n) is 8.51. The molecule has 1 saturated heterocycles. The number of quaternary nitrogens is 1. The molecule has 0 unspecified atom stereocenters. The van der Waals surface area contributed by atoms with Crippen LogP contribution < -0.4 is 14.5 Å². The Balaban J connectivity index is 1.42. The first kappa shape index (κ1) is 17.6. The van der Waals surface area contributed by atoms with Gasteiger partial charge in [0.15, 0.2) is 0 Å². The summed E-state index contributed by atoms with van der Waals surface area (Å²) in [6.45, 7) is 3.92. The molecule has 6 heteroatoms. The van der Waals surface area contributed by atoms with E-state index in [4.69, 9.17) is 4.74 Å². The SMILES string of the molecule is O[C@@H](COc1ccc(F)cc1)C[NH+]1CCN(c2ccccc2F)CC1. The Morgan fingerprint density at radius 2 is 1.72 bits per heavy atom. The lowest BCUT2D eigenvalue weighted by molar-refractivity contribution is -0.903. The van der Waals surface area contributed by atoms with Gasteiger partial charge < -0.3 is 19.6 Å². The molecule has 1 aliphatic rings. The predicted molar refractivity (Wildman–Crippen MR) is 92.1 cm³/mol. The van der Waals surface area contributed by atoms with Crippen molar-refractivity contribution in [2.24, 2.45) is 0 Å². The zero-order chi connectivity index (χ0) is 17.6. The van der Waals surface area contributed by atoms with E-state index in [-0.39, 0.29) is 18.2 Å². The third-order valence-electron chi connectivity index (χ3n) is 4.44. The Morgan fingerprint density at radius 1 is 1.04 bits per heavy atom. The highest BCUT2D eigenvalue weighted by Crippen LogP contribution is 2.18. The van der Waals surface area contributed by atoms with Gasteiger partial charge in [0.1, 0.15) is 36.6 Å². The molecule has 0 radical (unpaired) electrons. The number of para-hydroxylation sites is 1. The first-order chi connectivity index (χ1) is 12.1. The van der Waals surface area contributed by atoms with E-state index in [1.54, 1.807) is 24.3 Å². The van der Waals surface area contributed by atoms with Gasteiger partial charge in [-0.25, -0.2) is 8.78 Å². The van der Waals surface area contributed by atoms with Crippen LogP contribution in [-0.4, -0.2) is 50.5 Å². The Labute approximate surface area is 146 Å². The number of nitrogens with one attached hydrogen (secondary N) is 1. The second-order valence-corrected chi connectivity index (χ2v) is 6.31. The average molecular weight is 349 g/mol. The number of benzene rings is 2. The van der Waals surface area contributed by atoms with Gasteiger partial charge in [-0.15, -0.1) is 0 Å². The third kappa shape index (κ3) is 4.90. The van der Waals surface area contributed by atoms with Crippen LogP contribution >= 0.6 is 0 Å². The summed E-state index contributed by atoms with van der Waals surface area (Å²) in [5, 5.41) is 10.2. The van der Waals surface area contributed by atoms with Crippen molar-refractivity contribution < 1.29 is 23.5 Å². The van der Waals surface area contributed by atoms with Crippen molar-refractivity contribution in [2.45, 2.75) is 6.10 Å². The summed E-state index contributed by atoms with van der Waals surface area (Å²) < 4.78 is 32.2. The summed E-state index contributed by atoms with van der Waals surface area (Å²) in [6.07, 6.45) is -0.597. The van der Waals surface area contributed by atoms with Gasteiger partial charge >= 0.3 is 0 Å². The van der Waals surface area contributed by atoms with Crippen molar-refractivity contribution in [2.75, 3.05) is 44.2 Å². The van der Waals surface area contributed by atoms with E-state index in [0.29, 0.717) is 18.0 Å². The highest BCUT2D eigenvalue weighted by molar-refractivity contribution is 5.47. The van der Waals surface area contributed by atoms with Crippen LogP contribution in [0.15, 0.2) is 48.5 Å². The molecule has 1 fully saturated rings. The quantitative estimate of drug-likeness (QED) is 0.820. The second-order valence-electron chi connectivity index (χ2n) is 6.31. The molecule has 1 heterocycles. The molecule has 0 spiro atoms. The molecule has 0 bridgehead atoms. The molecule has 0 saturated carbocycles. The lowest BCUT2D eigenvalue weighted by Crippen LogP contribution is -3.16. The van der Waals surface area contributed by atoms with Crippen LogP contribution in [0.25, 0.3) is 0 Å². The van der Waals surface area contributed by atoms with Crippen molar-refractivity contribution in [3.8, 4) is 5.75 Å². The van der Waals surface area contributed by atoms with Crippen molar-refractivity contribution in [3.05, 3.63) is 60.2 Å². The summed E-state index contributed by atoms with van der Waals surface area (Å²) in [6, 6.07) is 12.6. The van der Waals surface area contributed by atoms with Crippen LogP contribution in [0.5, 0.6) is 5.75 Å². The minimum absolute atomic E-state index is 0.173. The van der Waals surface area contributed by atoms with E-state index < -0.39 is 6.10 Å². The number of ether oxygens (including phenoxy) is 1. The first-order valence-corrected chi connectivity index (χ1v) is 8.51. The molecule has 2 N–H and O–H groups in total. The highest BCUT2D eigenvalue weighted by Gasteiger charge is 2.24. The minimum Gasteiger partial charge on any atom is -0.491 e. The lowest BCUT2D eigenvalue weighted by atomic mass is 10.2. The van der Waals surface area contributed by atoms with Gasteiger partial charge in [-0.3, -0.25) is 0 Å². The molecule has 3 rings (SSSR count). The number of hydrogen-bond acceptors (Lipinski definition) is 3. The van der Waals surface area contributed by atoms with E-state index in [0.717, 1.165) is 26.2 Å². The number of piperazine rings is 1. The topological polar surface area (TPSA) is 37.1 Å². The van der Waals surface area contributed by atoms with Crippen molar-refractivity contribution in [1.82, 2.24) is 0 Å². The second kappa shape index (κ2) is 8.27. The molecule has 0 amide bonds. The Kier molecular flexibility index (Phi) is 5.83. The van der Waals surface area contributed by atoms with E-state index in [2.05, 4.69) is 0 Å². The number of anilines is 1. The molecule has 4 nitrogen and oxygen atoms in total. The Bertz CT molecular complexity index is 673. The molecule has 0 aromatic heterocycles. The zero-order valence-electron chi connectivity index (χ0n) is 14.0. The number of aliphatic hydroxyl groups is 1. The van der Waals surface area contributed by atoms with Crippen LogP contribution in [0.1, 0.15) is 0 Å². The van der Waals surface area contributed by atoms with Crippen molar-refractivity contribution in [1.29, 1.82) is 0 Å². The standard InChI is InChI=1S/C19H22F2N2O2/c20-15-5-7-17(8-6-15)25-14-16(24)13-22-9-11-23(12-10-22)19-4-2-1-3-18(19)21/h1-8,16,24H,9-14H2/p+1/t16-/m1/s1.